The molecule has 11 heavy (non-hydrogen) atoms. The van der Waals surface area contributed by atoms with E-state index in [1.807, 2.05) is 11.8 Å². The molecular formula is C9H21NS. The monoisotopic (exact) mass is 175 g/mol. The minimum absolute atomic E-state index is 1.20. The highest BCUT2D eigenvalue weighted by Gasteiger charge is 1.99. The first-order chi connectivity index (χ1) is 5.35. The van der Waals surface area contributed by atoms with Crippen LogP contribution in [0.4, 0.5) is 0 Å². The van der Waals surface area contributed by atoms with Crippen LogP contribution in [0.3, 0.4) is 0 Å². The van der Waals surface area contributed by atoms with Crippen LogP contribution in [-0.2, 0) is 0 Å². The molecule has 0 unspecified atom stereocenters. The lowest BCUT2D eigenvalue weighted by Gasteiger charge is -2.19. The van der Waals surface area contributed by atoms with Gasteiger partial charge in [-0.3, -0.25) is 4.90 Å². The van der Waals surface area contributed by atoms with Crippen LogP contribution in [0.2, 0.25) is 0 Å². The molecule has 0 saturated heterocycles. The van der Waals surface area contributed by atoms with Crippen LogP contribution in [0.5, 0.6) is 0 Å². The first-order valence-corrected chi connectivity index (χ1v) is 5.95. The number of nitrogens with zero attached hydrogens (tertiary/aromatic N) is 1. The quantitative estimate of drug-likeness (QED) is 0.547. The van der Waals surface area contributed by atoms with Gasteiger partial charge in [0.25, 0.3) is 0 Å². The number of unbranched alkanes of at least 4 members (excludes halogenated alkanes) is 1. The molecule has 1 nitrogen and oxygen atoms in total. The first kappa shape index (κ1) is 11.3. The topological polar surface area (TPSA) is 3.24 Å². The Hall–Kier alpha value is 0.310. The minimum Gasteiger partial charge on any atom is -0.294 e. The molecule has 0 heterocycles. The largest absolute Gasteiger partial charge is 0.294 e. The van der Waals surface area contributed by atoms with E-state index < -0.39 is 0 Å². The summed E-state index contributed by atoms with van der Waals surface area (Å²) in [5, 5.41) is 0. The van der Waals surface area contributed by atoms with Crippen molar-refractivity contribution < 1.29 is 0 Å². The summed E-state index contributed by atoms with van der Waals surface area (Å²) < 4.78 is 0. The van der Waals surface area contributed by atoms with Crippen LogP contribution in [0.15, 0.2) is 0 Å². The van der Waals surface area contributed by atoms with Gasteiger partial charge in [0.2, 0.25) is 0 Å². The van der Waals surface area contributed by atoms with Crippen molar-refractivity contribution in [1.29, 1.82) is 0 Å². The van der Waals surface area contributed by atoms with Gasteiger partial charge < -0.3 is 0 Å². The summed E-state index contributed by atoms with van der Waals surface area (Å²) in [6.45, 7) is 7.05. The van der Waals surface area contributed by atoms with Crippen LogP contribution in [0.25, 0.3) is 0 Å². The van der Waals surface area contributed by atoms with Crippen molar-refractivity contribution in [1.82, 2.24) is 4.90 Å². The summed E-state index contributed by atoms with van der Waals surface area (Å²) in [4.78, 5) is 2.54. The fourth-order valence-corrected chi connectivity index (χ4v) is 1.74. The van der Waals surface area contributed by atoms with Gasteiger partial charge in [-0.05, 0) is 32.2 Å². The van der Waals surface area contributed by atoms with Crippen molar-refractivity contribution in [2.24, 2.45) is 0 Å². The maximum atomic E-state index is 2.54. The maximum absolute atomic E-state index is 2.54. The summed E-state index contributed by atoms with van der Waals surface area (Å²) in [5.41, 5.74) is 0. The average Bonchev–Trinajstić information content (AvgIpc) is 2.01. The van der Waals surface area contributed by atoms with E-state index in [0.717, 1.165) is 0 Å². The molecular weight excluding hydrogens is 154 g/mol. The highest BCUT2D eigenvalue weighted by atomic mass is 32.2. The number of hydrogen-bond donors (Lipinski definition) is 0. The molecule has 0 aliphatic heterocycles. The Labute approximate surface area is 75.5 Å². The van der Waals surface area contributed by atoms with Crippen molar-refractivity contribution >= 4 is 11.8 Å². The fourth-order valence-electron chi connectivity index (χ4n) is 1.12. The maximum Gasteiger partial charge on any atom is 0.0441 e. The van der Waals surface area contributed by atoms with Gasteiger partial charge in [-0.25, -0.2) is 0 Å². The molecule has 68 valence electrons. The van der Waals surface area contributed by atoms with E-state index >= 15 is 0 Å². The normalized spacial score (nSPS) is 10.9. The van der Waals surface area contributed by atoms with Gasteiger partial charge >= 0.3 is 0 Å². The molecule has 2 heteroatoms. The number of thioether (sulfide) groups is 1. The SMILES string of the molecule is CCCCN(CCC)CSC. The van der Waals surface area contributed by atoms with Gasteiger partial charge in [-0.2, -0.15) is 0 Å². The Bertz CT molecular complexity index is 70.0. The lowest BCUT2D eigenvalue weighted by Crippen LogP contribution is -2.25. The predicted molar refractivity (Wildman–Crippen MR) is 55.2 cm³/mol. The van der Waals surface area contributed by atoms with Gasteiger partial charge in [0, 0.05) is 5.88 Å². The van der Waals surface area contributed by atoms with Crippen LogP contribution in [-0.4, -0.2) is 30.1 Å². The third kappa shape index (κ3) is 6.70. The van der Waals surface area contributed by atoms with Crippen LogP contribution >= 0.6 is 11.8 Å². The van der Waals surface area contributed by atoms with E-state index in [4.69, 9.17) is 0 Å². The molecule has 0 aromatic heterocycles. The molecule has 0 atom stereocenters. The predicted octanol–water partition coefficient (Wildman–Crippen LogP) is 2.82. The van der Waals surface area contributed by atoms with Gasteiger partial charge in [-0.1, -0.05) is 20.3 Å². The van der Waals surface area contributed by atoms with Gasteiger partial charge in [0.15, 0.2) is 0 Å². The molecule has 0 N–H and O–H groups in total. The Morgan fingerprint density at radius 1 is 1.09 bits per heavy atom. The smallest absolute Gasteiger partial charge is 0.0441 e. The highest BCUT2D eigenvalue weighted by Crippen LogP contribution is 2.02. The zero-order valence-electron chi connectivity index (χ0n) is 8.10. The highest BCUT2D eigenvalue weighted by molar-refractivity contribution is 7.98. The summed E-state index contributed by atoms with van der Waals surface area (Å²) in [6.07, 6.45) is 6.12. The Balaban J connectivity index is 3.34. The first-order valence-electron chi connectivity index (χ1n) is 4.56. The van der Waals surface area contributed by atoms with E-state index in [9.17, 15) is 0 Å². The number of hydrogen-bond acceptors (Lipinski definition) is 2. The second kappa shape index (κ2) is 8.41. The molecule has 0 bridgehead atoms. The van der Waals surface area contributed by atoms with Crippen LogP contribution < -0.4 is 0 Å². The summed E-state index contributed by atoms with van der Waals surface area (Å²) in [5.74, 6) is 1.20. The average molecular weight is 175 g/mol. The fraction of sp³-hybridized carbons (Fsp3) is 1.00. The standard InChI is InChI=1S/C9H21NS/c1-4-6-8-10(7-5-2)9-11-3/h4-9H2,1-3H3. The minimum atomic E-state index is 1.20. The molecule has 0 saturated carbocycles. The molecule has 0 rings (SSSR count). The summed E-state index contributed by atoms with van der Waals surface area (Å²) in [7, 11) is 0. The Morgan fingerprint density at radius 3 is 2.27 bits per heavy atom. The van der Waals surface area contributed by atoms with Crippen LogP contribution in [0, 0.1) is 0 Å². The van der Waals surface area contributed by atoms with E-state index in [2.05, 4.69) is 25.0 Å². The third-order valence-corrected chi connectivity index (χ3v) is 2.30. The lowest BCUT2D eigenvalue weighted by molar-refractivity contribution is 0.316. The molecule has 0 radical (unpaired) electrons. The molecule has 0 fully saturated rings. The van der Waals surface area contributed by atoms with Gasteiger partial charge in [0.1, 0.15) is 0 Å². The Kier molecular flexibility index (Phi) is 8.64. The van der Waals surface area contributed by atoms with Crippen molar-refractivity contribution in [2.75, 3.05) is 25.2 Å². The molecule has 0 aliphatic carbocycles. The summed E-state index contributed by atoms with van der Waals surface area (Å²) in [6, 6.07) is 0. The molecule has 0 amide bonds. The van der Waals surface area contributed by atoms with E-state index in [-0.39, 0.29) is 0 Å². The molecule has 0 spiro atoms. The number of rotatable bonds is 7. The second-order valence-corrected chi connectivity index (χ2v) is 3.72. The third-order valence-electron chi connectivity index (χ3n) is 1.68. The zero-order chi connectivity index (χ0) is 8.53. The van der Waals surface area contributed by atoms with Crippen molar-refractivity contribution in [2.45, 2.75) is 33.1 Å². The van der Waals surface area contributed by atoms with Gasteiger partial charge in [0.05, 0.1) is 0 Å². The Morgan fingerprint density at radius 2 is 1.82 bits per heavy atom. The van der Waals surface area contributed by atoms with Crippen molar-refractivity contribution in [3.05, 3.63) is 0 Å². The van der Waals surface area contributed by atoms with Gasteiger partial charge in [-0.15, -0.1) is 11.8 Å². The molecule has 0 aliphatic rings. The molecule has 0 aromatic rings. The zero-order valence-corrected chi connectivity index (χ0v) is 8.91. The summed E-state index contributed by atoms with van der Waals surface area (Å²) >= 11 is 1.93. The molecule has 0 aromatic carbocycles. The van der Waals surface area contributed by atoms with Crippen molar-refractivity contribution in [3.8, 4) is 0 Å². The van der Waals surface area contributed by atoms with E-state index in [1.54, 1.807) is 0 Å². The lowest BCUT2D eigenvalue weighted by atomic mass is 10.3. The van der Waals surface area contributed by atoms with E-state index in [0.29, 0.717) is 0 Å². The second-order valence-electron chi connectivity index (χ2n) is 2.89. The van der Waals surface area contributed by atoms with E-state index in [1.165, 1.54) is 38.2 Å². The van der Waals surface area contributed by atoms with Crippen LogP contribution in [0.1, 0.15) is 33.1 Å². The van der Waals surface area contributed by atoms with Crippen molar-refractivity contribution in [3.63, 3.8) is 0 Å².